The molecule has 1 fully saturated rings. The zero-order chi connectivity index (χ0) is 24.7. The van der Waals surface area contributed by atoms with Crippen molar-refractivity contribution in [1.29, 1.82) is 0 Å². The molecule has 0 atom stereocenters. The van der Waals surface area contributed by atoms with E-state index in [1.54, 1.807) is 17.0 Å². The highest BCUT2D eigenvalue weighted by molar-refractivity contribution is 6.29. The summed E-state index contributed by atoms with van der Waals surface area (Å²) in [7, 11) is 0. The van der Waals surface area contributed by atoms with Crippen molar-refractivity contribution in [3.63, 3.8) is 0 Å². The molecule has 0 unspecified atom stereocenters. The molecule has 1 aliphatic rings. The van der Waals surface area contributed by atoms with Crippen LogP contribution in [-0.2, 0) is 6.54 Å². The van der Waals surface area contributed by atoms with Crippen LogP contribution in [0.25, 0.3) is 22.6 Å². The zero-order valence-electron chi connectivity index (χ0n) is 19.6. The fraction of sp³-hybridized carbons (Fsp3) is 0.391. The van der Waals surface area contributed by atoms with Crippen LogP contribution in [0.5, 0.6) is 0 Å². The van der Waals surface area contributed by atoms with Crippen LogP contribution in [0.15, 0.2) is 35.0 Å². The first-order valence-electron chi connectivity index (χ1n) is 11.2. The van der Waals surface area contributed by atoms with Crippen LogP contribution in [-0.4, -0.2) is 66.9 Å². The fourth-order valence-electron chi connectivity index (χ4n) is 3.85. The summed E-state index contributed by atoms with van der Waals surface area (Å²) in [6.07, 6.45) is 2.86. The summed E-state index contributed by atoms with van der Waals surface area (Å²) in [5.41, 5.74) is 1.54. The first-order chi connectivity index (χ1) is 16.7. The van der Waals surface area contributed by atoms with E-state index < -0.39 is 5.82 Å². The van der Waals surface area contributed by atoms with E-state index in [-0.39, 0.29) is 22.6 Å². The molecule has 0 bridgehead atoms. The molecule has 182 valence electrons. The summed E-state index contributed by atoms with van der Waals surface area (Å²) in [5.74, 6) is -0.903. The number of anilines is 1. The highest BCUT2D eigenvalue weighted by Crippen LogP contribution is 2.24. The summed E-state index contributed by atoms with van der Waals surface area (Å²) in [4.78, 5) is 30.8. The lowest BCUT2D eigenvalue weighted by Gasteiger charge is -2.33. The number of rotatable bonds is 4. The highest BCUT2D eigenvalue weighted by Gasteiger charge is 2.26. The van der Waals surface area contributed by atoms with Gasteiger partial charge in [0.25, 0.3) is 11.9 Å². The van der Waals surface area contributed by atoms with Crippen LogP contribution in [0.1, 0.15) is 31.1 Å². The second-order valence-electron chi connectivity index (χ2n) is 9.61. The Kier molecular flexibility index (Phi) is 5.87. The van der Waals surface area contributed by atoms with Gasteiger partial charge in [-0.3, -0.25) is 9.78 Å². The molecule has 0 radical (unpaired) electrons. The number of carbonyl (C=O) groups is 1. The van der Waals surface area contributed by atoms with Gasteiger partial charge in [-0.25, -0.2) is 9.37 Å². The lowest BCUT2D eigenvalue weighted by molar-refractivity contribution is 0.0744. The standard InChI is InChI=1S/C23H24ClFN8O2/c1-23(2,3)13-33-27-12-16(30-33)19-15(25)10-14(11-26-19)21(34)31-6-8-32(9-7-31)22-29-20-17(35-22)4-5-18(24)28-20/h4-5,10-12H,6-9,13H2,1-3H3. The number of halogens is 2. The van der Waals surface area contributed by atoms with E-state index in [1.165, 1.54) is 23.3 Å². The quantitative estimate of drug-likeness (QED) is 0.392. The summed E-state index contributed by atoms with van der Waals surface area (Å²) in [6.45, 7) is 8.66. The minimum Gasteiger partial charge on any atom is -0.422 e. The summed E-state index contributed by atoms with van der Waals surface area (Å²) in [6, 6.07) is 4.99. The van der Waals surface area contributed by atoms with E-state index in [4.69, 9.17) is 16.0 Å². The first kappa shape index (κ1) is 23.2. The molecule has 0 aromatic carbocycles. The Labute approximate surface area is 205 Å². The van der Waals surface area contributed by atoms with Crippen LogP contribution in [0, 0.1) is 11.2 Å². The van der Waals surface area contributed by atoms with Gasteiger partial charge in [-0.15, -0.1) is 0 Å². The topological polar surface area (TPSA) is 106 Å². The van der Waals surface area contributed by atoms with Crippen LogP contribution < -0.4 is 4.90 Å². The molecule has 1 amide bonds. The van der Waals surface area contributed by atoms with E-state index in [2.05, 4.69) is 45.9 Å². The van der Waals surface area contributed by atoms with Crippen molar-refractivity contribution >= 4 is 34.8 Å². The molecule has 4 aromatic heterocycles. The Balaban J connectivity index is 1.25. The van der Waals surface area contributed by atoms with Crippen molar-refractivity contribution in [1.82, 2.24) is 34.8 Å². The van der Waals surface area contributed by atoms with Gasteiger partial charge in [-0.05, 0) is 23.6 Å². The zero-order valence-corrected chi connectivity index (χ0v) is 20.3. The Morgan fingerprint density at radius 1 is 1.14 bits per heavy atom. The number of hydrogen-bond acceptors (Lipinski definition) is 8. The van der Waals surface area contributed by atoms with Gasteiger partial charge in [0.2, 0.25) is 5.65 Å². The number of hydrogen-bond donors (Lipinski definition) is 0. The van der Waals surface area contributed by atoms with Gasteiger partial charge < -0.3 is 14.2 Å². The lowest BCUT2D eigenvalue weighted by atomic mass is 9.97. The normalized spacial score (nSPS) is 14.7. The molecule has 5 heterocycles. The predicted molar refractivity (Wildman–Crippen MR) is 128 cm³/mol. The Bertz CT molecular complexity index is 1390. The average Bonchev–Trinajstić information content (AvgIpc) is 3.44. The molecular weight excluding hydrogens is 475 g/mol. The van der Waals surface area contributed by atoms with Crippen molar-refractivity contribution in [3.8, 4) is 11.4 Å². The molecule has 4 aromatic rings. The van der Waals surface area contributed by atoms with Crippen LogP contribution in [0.3, 0.4) is 0 Å². The number of nitrogens with zero attached hydrogens (tertiary/aromatic N) is 8. The lowest BCUT2D eigenvalue weighted by Crippen LogP contribution is -2.49. The number of amides is 1. The van der Waals surface area contributed by atoms with Gasteiger partial charge in [-0.2, -0.15) is 20.0 Å². The number of aromatic nitrogens is 6. The van der Waals surface area contributed by atoms with Gasteiger partial charge in [0, 0.05) is 32.4 Å². The Morgan fingerprint density at radius 3 is 2.63 bits per heavy atom. The molecule has 0 aliphatic carbocycles. The number of fused-ring (bicyclic) bond motifs is 1. The van der Waals surface area contributed by atoms with E-state index in [9.17, 15) is 9.18 Å². The third-order valence-electron chi connectivity index (χ3n) is 5.53. The van der Waals surface area contributed by atoms with Crippen LogP contribution in [0.4, 0.5) is 10.4 Å². The van der Waals surface area contributed by atoms with Crippen LogP contribution >= 0.6 is 11.6 Å². The molecule has 0 spiro atoms. The molecule has 0 saturated carbocycles. The van der Waals surface area contributed by atoms with Gasteiger partial charge >= 0.3 is 0 Å². The second-order valence-corrected chi connectivity index (χ2v) is 9.99. The molecule has 1 saturated heterocycles. The Morgan fingerprint density at radius 2 is 1.91 bits per heavy atom. The average molecular weight is 499 g/mol. The largest absolute Gasteiger partial charge is 0.422 e. The molecular formula is C23H24ClFN8O2. The number of carbonyl (C=O) groups excluding carboxylic acids is 1. The summed E-state index contributed by atoms with van der Waals surface area (Å²) >= 11 is 5.92. The van der Waals surface area contributed by atoms with Gasteiger partial charge in [0.1, 0.15) is 16.5 Å². The predicted octanol–water partition coefficient (Wildman–Crippen LogP) is 3.68. The van der Waals surface area contributed by atoms with Gasteiger partial charge in [-0.1, -0.05) is 32.4 Å². The summed E-state index contributed by atoms with van der Waals surface area (Å²) < 4.78 is 20.6. The van der Waals surface area contributed by atoms with Crippen molar-refractivity contribution < 1.29 is 13.6 Å². The maximum atomic E-state index is 14.9. The fourth-order valence-corrected chi connectivity index (χ4v) is 4.00. The second kappa shape index (κ2) is 8.88. The van der Waals surface area contributed by atoms with E-state index >= 15 is 0 Å². The monoisotopic (exact) mass is 498 g/mol. The molecule has 35 heavy (non-hydrogen) atoms. The maximum Gasteiger partial charge on any atom is 0.300 e. The Hall–Kier alpha value is -3.60. The number of oxazole rings is 1. The third-order valence-corrected chi connectivity index (χ3v) is 5.74. The van der Waals surface area contributed by atoms with Crippen molar-refractivity contribution in [3.05, 3.63) is 47.1 Å². The van der Waals surface area contributed by atoms with E-state index in [1.807, 2.05) is 4.90 Å². The van der Waals surface area contributed by atoms with Gasteiger partial charge in [0.05, 0.1) is 18.3 Å². The SMILES string of the molecule is CC(C)(C)Cn1ncc(-c2ncc(C(=O)N3CCN(c4nc5nc(Cl)ccc5o4)CC3)cc2F)n1. The van der Waals surface area contributed by atoms with Crippen molar-refractivity contribution in [2.45, 2.75) is 27.3 Å². The smallest absolute Gasteiger partial charge is 0.300 e. The number of pyridine rings is 2. The third kappa shape index (κ3) is 4.95. The molecule has 1 aliphatic heterocycles. The van der Waals surface area contributed by atoms with E-state index in [0.29, 0.717) is 60.8 Å². The molecule has 5 rings (SSSR count). The molecule has 12 heteroatoms. The van der Waals surface area contributed by atoms with Gasteiger partial charge in [0.15, 0.2) is 11.4 Å². The van der Waals surface area contributed by atoms with Crippen molar-refractivity contribution in [2.75, 3.05) is 31.1 Å². The van der Waals surface area contributed by atoms with Crippen molar-refractivity contribution in [2.24, 2.45) is 5.41 Å². The molecule has 0 N–H and O–H groups in total. The summed E-state index contributed by atoms with van der Waals surface area (Å²) in [5, 5.41) is 8.86. The minimum absolute atomic E-state index is 0.0202. The minimum atomic E-state index is -0.616. The first-order valence-corrected chi connectivity index (χ1v) is 11.6. The number of piperazine rings is 1. The molecule has 10 nitrogen and oxygen atoms in total. The van der Waals surface area contributed by atoms with Crippen LogP contribution in [0.2, 0.25) is 5.15 Å². The maximum absolute atomic E-state index is 14.9. The van der Waals surface area contributed by atoms with E-state index in [0.717, 1.165) is 0 Å². The highest BCUT2D eigenvalue weighted by atomic mass is 35.5.